The molecule has 0 radical (unpaired) electrons. The predicted octanol–water partition coefficient (Wildman–Crippen LogP) is 1.76. The first kappa shape index (κ1) is 6.98. The molecule has 0 fully saturated rings. The molecule has 0 amide bonds. The monoisotopic (exact) mass is 167 g/mol. The molecule has 0 spiro atoms. The molecule has 0 N–H and O–H groups in total. The summed E-state index contributed by atoms with van der Waals surface area (Å²) in [4.78, 5) is 16.1. The summed E-state index contributed by atoms with van der Waals surface area (Å²) < 4.78 is 0. The number of thiazole rings is 1. The Labute approximate surface area is 69.3 Å². The number of fused-ring (bicyclic) bond motifs is 1. The molecule has 2 nitrogen and oxygen atoms in total. The summed E-state index contributed by atoms with van der Waals surface area (Å²) >= 11 is 1.67. The van der Waals surface area contributed by atoms with Crippen molar-refractivity contribution in [3.63, 3.8) is 0 Å². The fraction of sp³-hybridized carbons (Fsp3) is 0.500. The lowest BCUT2D eigenvalue weighted by atomic mass is 9.92. The van der Waals surface area contributed by atoms with E-state index in [-0.39, 0.29) is 5.92 Å². The molecule has 2 rings (SSSR count). The lowest BCUT2D eigenvalue weighted by Crippen LogP contribution is -2.09. The third-order valence-corrected chi connectivity index (χ3v) is 3.02. The van der Waals surface area contributed by atoms with Crippen molar-refractivity contribution in [2.24, 2.45) is 0 Å². The van der Waals surface area contributed by atoms with Gasteiger partial charge in [0.05, 0.1) is 17.1 Å². The first-order chi connectivity index (χ1) is 5.42. The van der Waals surface area contributed by atoms with Gasteiger partial charge in [-0.3, -0.25) is 0 Å². The standard InChI is InChI=1S/C8H9NOS/c10-4-6-2-1-3-7-8(6)9-5-11-7/h4-6H,1-3H2. The SMILES string of the molecule is O=CC1CCCc2scnc21. The Hall–Kier alpha value is -0.700. The topological polar surface area (TPSA) is 30.0 Å². The minimum atomic E-state index is 0.0880. The van der Waals surface area contributed by atoms with Crippen molar-refractivity contribution in [3.05, 3.63) is 16.1 Å². The molecular formula is C8H9NOS. The Balaban J connectivity index is 2.39. The van der Waals surface area contributed by atoms with Crippen LogP contribution in [0.15, 0.2) is 5.51 Å². The van der Waals surface area contributed by atoms with Gasteiger partial charge >= 0.3 is 0 Å². The molecule has 58 valence electrons. The third kappa shape index (κ3) is 1.09. The third-order valence-electron chi connectivity index (χ3n) is 2.11. The smallest absolute Gasteiger partial charge is 0.129 e. The van der Waals surface area contributed by atoms with E-state index in [4.69, 9.17) is 0 Å². The fourth-order valence-corrected chi connectivity index (χ4v) is 2.40. The van der Waals surface area contributed by atoms with Crippen LogP contribution in [0.4, 0.5) is 0 Å². The van der Waals surface area contributed by atoms with Crippen LogP contribution < -0.4 is 0 Å². The molecule has 1 aromatic rings. The van der Waals surface area contributed by atoms with Crippen molar-refractivity contribution >= 4 is 17.6 Å². The van der Waals surface area contributed by atoms with Crippen molar-refractivity contribution in [2.75, 3.05) is 0 Å². The van der Waals surface area contributed by atoms with Crippen LogP contribution in [0.25, 0.3) is 0 Å². The second-order valence-corrected chi connectivity index (χ2v) is 3.73. The van der Waals surface area contributed by atoms with E-state index in [1.807, 2.05) is 5.51 Å². The Morgan fingerprint density at radius 1 is 1.73 bits per heavy atom. The summed E-state index contributed by atoms with van der Waals surface area (Å²) in [5.41, 5.74) is 2.88. The van der Waals surface area contributed by atoms with Gasteiger partial charge in [0.2, 0.25) is 0 Å². The van der Waals surface area contributed by atoms with Crippen LogP contribution in [0.1, 0.15) is 29.3 Å². The molecule has 3 heteroatoms. The van der Waals surface area contributed by atoms with Crippen LogP contribution in [0, 0.1) is 0 Å². The number of aromatic nitrogens is 1. The molecule has 1 aliphatic rings. The number of rotatable bonds is 1. The van der Waals surface area contributed by atoms with Crippen LogP contribution in [0.5, 0.6) is 0 Å². The highest BCUT2D eigenvalue weighted by molar-refractivity contribution is 7.09. The van der Waals surface area contributed by atoms with E-state index in [0.29, 0.717) is 0 Å². The maximum atomic E-state index is 10.6. The maximum absolute atomic E-state index is 10.6. The minimum absolute atomic E-state index is 0.0880. The molecule has 1 aromatic heterocycles. The van der Waals surface area contributed by atoms with E-state index in [1.165, 1.54) is 4.88 Å². The first-order valence-corrected chi connectivity index (χ1v) is 4.67. The summed E-state index contributed by atoms with van der Waals surface area (Å²) in [6.07, 6.45) is 4.26. The normalized spacial score (nSPS) is 22.7. The molecular weight excluding hydrogens is 158 g/mol. The van der Waals surface area contributed by atoms with E-state index in [2.05, 4.69) is 4.98 Å². The van der Waals surface area contributed by atoms with E-state index >= 15 is 0 Å². The van der Waals surface area contributed by atoms with Gasteiger partial charge in [-0.2, -0.15) is 0 Å². The highest BCUT2D eigenvalue weighted by Gasteiger charge is 2.21. The Morgan fingerprint density at radius 3 is 3.45 bits per heavy atom. The molecule has 0 bridgehead atoms. The fourth-order valence-electron chi connectivity index (χ4n) is 1.52. The van der Waals surface area contributed by atoms with Gasteiger partial charge in [0.25, 0.3) is 0 Å². The number of nitrogens with zero attached hydrogens (tertiary/aromatic N) is 1. The quantitative estimate of drug-likeness (QED) is 0.596. The average molecular weight is 167 g/mol. The van der Waals surface area contributed by atoms with E-state index in [9.17, 15) is 4.79 Å². The first-order valence-electron chi connectivity index (χ1n) is 3.79. The van der Waals surface area contributed by atoms with Crippen LogP contribution >= 0.6 is 11.3 Å². The highest BCUT2D eigenvalue weighted by atomic mass is 32.1. The van der Waals surface area contributed by atoms with E-state index in [1.54, 1.807) is 11.3 Å². The zero-order valence-corrected chi connectivity index (χ0v) is 6.93. The molecule has 0 saturated heterocycles. The highest BCUT2D eigenvalue weighted by Crippen LogP contribution is 2.31. The summed E-state index contributed by atoms with van der Waals surface area (Å²) in [7, 11) is 0. The summed E-state index contributed by atoms with van der Waals surface area (Å²) in [5.74, 6) is 0.0880. The number of carbonyl (C=O) groups is 1. The van der Waals surface area contributed by atoms with Crippen molar-refractivity contribution in [3.8, 4) is 0 Å². The van der Waals surface area contributed by atoms with Crippen molar-refractivity contribution in [1.82, 2.24) is 4.98 Å². The van der Waals surface area contributed by atoms with Gasteiger partial charge in [-0.25, -0.2) is 4.98 Å². The van der Waals surface area contributed by atoms with Gasteiger partial charge in [0.1, 0.15) is 6.29 Å². The molecule has 1 aliphatic carbocycles. The molecule has 1 unspecified atom stereocenters. The summed E-state index contributed by atoms with van der Waals surface area (Å²) in [6.45, 7) is 0. The van der Waals surface area contributed by atoms with Crippen LogP contribution in [-0.2, 0) is 11.2 Å². The van der Waals surface area contributed by atoms with Crippen molar-refractivity contribution < 1.29 is 4.79 Å². The van der Waals surface area contributed by atoms with Crippen LogP contribution in [0.2, 0.25) is 0 Å². The van der Waals surface area contributed by atoms with Crippen molar-refractivity contribution in [1.29, 1.82) is 0 Å². The largest absolute Gasteiger partial charge is 0.303 e. The Morgan fingerprint density at radius 2 is 2.64 bits per heavy atom. The Kier molecular flexibility index (Phi) is 1.74. The Bertz CT molecular complexity index is 269. The van der Waals surface area contributed by atoms with E-state index in [0.717, 1.165) is 31.2 Å². The van der Waals surface area contributed by atoms with Crippen LogP contribution in [-0.4, -0.2) is 11.3 Å². The van der Waals surface area contributed by atoms with Gasteiger partial charge in [-0.05, 0) is 19.3 Å². The number of hydrogen-bond donors (Lipinski definition) is 0. The lowest BCUT2D eigenvalue weighted by Gasteiger charge is -2.14. The summed E-state index contributed by atoms with van der Waals surface area (Å²) in [5, 5.41) is 0. The zero-order chi connectivity index (χ0) is 7.68. The zero-order valence-electron chi connectivity index (χ0n) is 6.12. The number of hydrogen-bond acceptors (Lipinski definition) is 3. The average Bonchev–Trinajstić information content (AvgIpc) is 2.50. The minimum Gasteiger partial charge on any atom is -0.303 e. The van der Waals surface area contributed by atoms with Gasteiger partial charge in [-0.15, -0.1) is 11.3 Å². The summed E-state index contributed by atoms with van der Waals surface area (Å²) in [6, 6.07) is 0. The number of carbonyl (C=O) groups excluding carboxylic acids is 1. The maximum Gasteiger partial charge on any atom is 0.129 e. The molecule has 0 aromatic carbocycles. The van der Waals surface area contributed by atoms with Gasteiger partial charge < -0.3 is 4.79 Å². The molecule has 11 heavy (non-hydrogen) atoms. The molecule has 0 aliphatic heterocycles. The molecule has 1 atom stereocenters. The van der Waals surface area contributed by atoms with Gasteiger partial charge in [0.15, 0.2) is 0 Å². The number of aldehydes is 1. The van der Waals surface area contributed by atoms with Crippen LogP contribution in [0.3, 0.4) is 0 Å². The molecule has 1 heterocycles. The second-order valence-electron chi connectivity index (χ2n) is 2.80. The van der Waals surface area contributed by atoms with E-state index < -0.39 is 0 Å². The second kappa shape index (κ2) is 2.74. The predicted molar refractivity (Wildman–Crippen MR) is 43.9 cm³/mol. The lowest BCUT2D eigenvalue weighted by molar-refractivity contribution is -0.109. The number of aryl methyl sites for hydroxylation is 1. The van der Waals surface area contributed by atoms with Gasteiger partial charge in [0, 0.05) is 4.88 Å². The molecule has 0 saturated carbocycles. The van der Waals surface area contributed by atoms with Crippen molar-refractivity contribution in [2.45, 2.75) is 25.2 Å². The van der Waals surface area contributed by atoms with Gasteiger partial charge in [-0.1, -0.05) is 0 Å².